The number of benzene rings is 2. The van der Waals surface area contributed by atoms with Crippen molar-refractivity contribution in [2.75, 3.05) is 0 Å². The quantitative estimate of drug-likeness (QED) is 0.808. The number of aromatic hydroxyl groups is 1. The Balaban J connectivity index is 1.94. The SMILES string of the molecule is C[C@@H](NCc1ccccc1)C(=O)c1ccc(O)cc1. The van der Waals surface area contributed by atoms with E-state index in [4.69, 9.17) is 0 Å². The molecule has 0 unspecified atom stereocenters. The molecule has 1 atom stereocenters. The molecule has 0 saturated carbocycles. The Labute approximate surface area is 112 Å². The van der Waals surface area contributed by atoms with E-state index in [1.807, 2.05) is 37.3 Å². The van der Waals surface area contributed by atoms with Crippen molar-refractivity contribution in [2.24, 2.45) is 0 Å². The molecule has 2 aromatic rings. The third-order valence-corrected chi connectivity index (χ3v) is 3.00. The number of hydrogen-bond donors (Lipinski definition) is 2. The number of hydrogen-bond acceptors (Lipinski definition) is 3. The summed E-state index contributed by atoms with van der Waals surface area (Å²) in [6.07, 6.45) is 0. The summed E-state index contributed by atoms with van der Waals surface area (Å²) in [5.41, 5.74) is 1.75. The molecule has 0 heterocycles. The predicted octanol–water partition coefficient (Wildman–Crippen LogP) is 2.75. The summed E-state index contributed by atoms with van der Waals surface area (Å²) in [5.74, 6) is 0.192. The zero-order valence-electron chi connectivity index (χ0n) is 10.8. The first kappa shape index (κ1) is 13.3. The molecule has 19 heavy (non-hydrogen) atoms. The van der Waals surface area contributed by atoms with Crippen molar-refractivity contribution in [1.82, 2.24) is 5.32 Å². The molecule has 3 heteroatoms. The maximum Gasteiger partial charge on any atom is 0.179 e. The Kier molecular flexibility index (Phi) is 4.31. The smallest absolute Gasteiger partial charge is 0.179 e. The lowest BCUT2D eigenvalue weighted by Crippen LogP contribution is -2.33. The van der Waals surface area contributed by atoms with Gasteiger partial charge in [0.1, 0.15) is 5.75 Å². The second kappa shape index (κ2) is 6.16. The van der Waals surface area contributed by atoms with Gasteiger partial charge in [-0.1, -0.05) is 30.3 Å². The van der Waals surface area contributed by atoms with Gasteiger partial charge in [0, 0.05) is 12.1 Å². The molecule has 0 radical (unpaired) electrons. The van der Waals surface area contributed by atoms with Crippen LogP contribution in [0.1, 0.15) is 22.8 Å². The van der Waals surface area contributed by atoms with Crippen LogP contribution < -0.4 is 5.32 Å². The molecule has 0 aliphatic heterocycles. The summed E-state index contributed by atoms with van der Waals surface area (Å²) in [7, 11) is 0. The largest absolute Gasteiger partial charge is 0.508 e. The van der Waals surface area contributed by atoms with E-state index in [9.17, 15) is 9.90 Å². The minimum Gasteiger partial charge on any atom is -0.508 e. The first-order valence-corrected chi connectivity index (χ1v) is 6.27. The highest BCUT2D eigenvalue weighted by molar-refractivity contribution is 5.99. The first-order valence-electron chi connectivity index (χ1n) is 6.27. The number of rotatable bonds is 5. The van der Waals surface area contributed by atoms with E-state index in [-0.39, 0.29) is 17.6 Å². The minimum absolute atomic E-state index is 0.0240. The van der Waals surface area contributed by atoms with E-state index in [1.165, 1.54) is 12.1 Å². The van der Waals surface area contributed by atoms with E-state index < -0.39 is 0 Å². The number of nitrogens with one attached hydrogen (secondary N) is 1. The third kappa shape index (κ3) is 3.66. The second-order valence-corrected chi connectivity index (χ2v) is 4.50. The van der Waals surface area contributed by atoms with Gasteiger partial charge in [0.25, 0.3) is 0 Å². The maximum absolute atomic E-state index is 12.1. The van der Waals surface area contributed by atoms with E-state index in [2.05, 4.69) is 5.32 Å². The highest BCUT2D eigenvalue weighted by Crippen LogP contribution is 2.11. The molecule has 0 bridgehead atoms. The van der Waals surface area contributed by atoms with Crippen LogP contribution in [0.3, 0.4) is 0 Å². The van der Waals surface area contributed by atoms with Crippen molar-refractivity contribution >= 4 is 5.78 Å². The number of phenolic OH excluding ortho intramolecular Hbond substituents is 1. The van der Waals surface area contributed by atoms with Crippen LogP contribution in [0.4, 0.5) is 0 Å². The van der Waals surface area contributed by atoms with Crippen LogP contribution in [-0.4, -0.2) is 16.9 Å². The lowest BCUT2D eigenvalue weighted by molar-refractivity contribution is 0.0950. The number of ketones is 1. The summed E-state index contributed by atoms with van der Waals surface area (Å²) in [6.45, 7) is 2.50. The predicted molar refractivity (Wildman–Crippen MR) is 75.2 cm³/mol. The summed E-state index contributed by atoms with van der Waals surface area (Å²) in [6, 6.07) is 16.0. The van der Waals surface area contributed by atoms with Gasteiger partial charge in [-0.2, -0.15) is 0 Å². The van der Waals surface area contributed by atoms with Gasteiger partial charge in [0.05, 0.1) is 6.04 Å². The Morgan fingerprint density at radius 1 is 1.11 bits per heavy atom. The van der Waals surface area contributed by atoms with Gasteiger partial charge in [-0.15, -0.1) is 0 Å². The van der Waals surface area contributed by atoms with Gasteiger partial charge in [-0.25, -0.2) is 0 Å². The van der Waals surface area contributed by atoms with Crippen molar-refractivity contribution in [2.45, 2.75) is 19.5 Å². The highest BCUT2D eigenvalue weighted by Gasteiger charge is 2.14. The van der Waals surface area contributed by atoms with E-state index in [1.54, 1.807) is 12.1 Å². The summed E-state index contributed by atoms with van der Waals surface area (Å²) in [5, 5.41) is 12.4. The Morgan fingerprint density at radius 3 is 2.37 bits per heavy atom. The van der Waals surface area contributed by atoms with Gasteiger partial charge >= 0.3 is 0 Å². The maximum atomic E-state index is 12.1. The lowest BCUT2D eigenvalue weighted by atomic mass is 10.1. The van der Waals surface area contributed by atoms with Crippen LogP contribution in [0.5, 0.6) is 5.75 Å². The summed E-state index contributed by atoms with van der Waals surface area (Å²) >= 11 is 0. The number of Topliss-reactive ketones (excluding diaryl/α,β-unsaturated/α-hetero) is 1. The van der Waals surface area contributed by atoms with Crippen LogP contribution in [0.25, 0.3) is 0 Å². The van der Waals surface area contributed by atoms with Crippen LogP contribution in [-0.2, 0) is 6.54 Å². The fraction of sp³-hybridized carbons (Fsp3) is 0.188. The third-order valence-electron chi connectivity index (χ3n) is 3.00. The Morgan fingerprint density at radius 2 is 1.74 bits per heavy atom. The summed E-state index contributed by atoms with van der Waals surface area (Å²) in [4.78, 5) is 12.1. The molecule has 0 spiro atoms. The minimum atomic E-state index is -0.259. The van der Waals surface area contributed by atoms with Crippen LogP contribution >= 0.6 is 0 Å². The monoisotopic (exact) mass is 255 g/mol. The molecule has 2 rings (SSSR count). The standard InChI is InChI=1S/C16H17NO2/c1-12(17-11-13-5-3-2-4-6-13)16(19)14-7-9-15(18)10-8-14/h2-10,12,17-18H,11H2,1H3/t12-/m1/s1. The average Bonchev–Trinajstić information content (AvgIpc) is 2.46. The van der Waals surface area contributed by atoms with Crippen molar-refractivity contribution in [3.8, 4) is 5.75 Å². The number of carbonyl (C=O) groups excluding carboxylic acids is 1. The fourth-order valence-electron chi connectivity index (χ4n) is 1.84. The number of carbonyl (C=O) groups is 1. The molecule has 0 aromatic heterocycles. The normalized spacial score (nSPS) is 12.1. The van der Waals surface area contributed by atoms with Gasteiger partial charge in [-0.05, 0) is 36.8 Å². The van der Waals surface area contributed by atoms with E-state index in [0.29, 0.717) is 12.1 Å². The number of phenols is 1. The zero-order chi connectivity index (χ0) is 13.7. The summed E-state index contributed by atoms with van der Waals surface area (Å²) < 4.78 is 0. The fourth-order valence-corrected chi connectivity index (χ4v) is 1.84. The van der Waals surface area contributed by atoms with Gasteiger partial charge < -0.3 is 10.4 Å². The molecule has 0 fully saturated rings. The molecule has 0 aliphatic carbocycles. The van der Waals surface area contributed by atoms with Gasteiger partial charge in [-0.3, -0.25) is 4.79 Å². The van der Waals surface area contributed by atoms with Gasteiger partial charge in [0.15, 0.2) is 5.78 Å². The van der Waals surface area contributed by atoms with Crippen molar-refractivity contribution in [3.05, 3.63) is 65.7 Å². The van der Waals surface area contributed by atoms with Crippen LogP contribution in [0.15, 0.2) is 54.6 Å². The molecule has 2 aromatic carbocycles. The Bertz CT molecular complexity index is 534. The first-order chi connectivity index (χ1) is 9.16. The topological polar surface area (TPSA) is 49.3 Å². The van der Waals surface area contributed by atoms with Crippen LogP contribution in [0.2, 0.25) is 0 Å². The molecule has 0 amide bonds. The lowest BCUT2D eigenvalue weighted by Gasteiger charge is -2.13. The second-order valence-electron chi connectivity index (χ2n) is 4.50. The Hall–Kier alpha value is -2.13. The molecule has 3 nitrogen and oxygen atoms in total. The average molecular weight is 255 g/mol. The van der Waals surface area contributed by atoms with E-state index >= 15 is 0 Å². The molecule has 0 aliphatic rings. The van der Waals surface area contributed by atoms with Crippen LogP contribution in [0, 0.1) is 0 Å². The van der Waals surface area contributed by atoms with Gasteiger partial charge in [0.2, 0.25) is 0 Å². The zero-order valence-corrected chi connectivity index (χ0v) is 10.8. The molecular formula is C16H17NO2. The molecule has 0 saturated heterocycles. The van der Waals surface area contributed by atoms with E-state index in [0.717, 1.165) is 5.56 Å². The molecule has 2 N–H and O–H groups in total. The molecule has 98 valence electrons. The highest BCUT2D eigenvalue weighted by atomic mass is 16.3. The molecular weight excluding hydrogens is 238 g/mol. The van der Waals surface area contributed by atoms with Crippen molar-refractivity contribution in [3.63, 3.8) is 0 Å². The van der Waals surface area contributed by atoms with Crippen molar-refractivity contribution in [1.29, 1.82) is 0 Å². The van der Waals surface area contributed by atoms with Crippen molar-refractivity contribution < 1.29 is 9.90 Å².